The van der Waals surface area contributed by atoms with E-state index in [9.17, 15) is 4.39 Å². The molecule has 1 aromatic carbocycles. The zero-order valence-corrected chi connectivity index (χ0v) is 8.73. The SMILES string of the molecule is COc1ccc(F)cc1[C@@H]1CCN1.Cl. The number of ether oxygens (including phenoxy) is 1. The molecular formula is C10H13ClFNO. The Morgan fingerprint density at radius 1 is 1.50 bits per heavy atom. The van der Waals surface area contributed by atoms with Crippen LogP contribution in [0.2, 0.25) is 0 Å². The van der Waals surface area contributed by atoms with Crippen LogP contribution >= 0.6 is 12.4 Å². The Balaban J connectivity index is 0.000000980. The van der Waals surface area contributed by atoms with E-state index in [1.165, 1.54) is 12.1 Å². The highest BCUT2D eigenvalue weighted by atomic mass is 35.5. The fourth-order valence-corrected chi connectivity index (χ4v) is 1.53. The van der Waals surface area contributed by atoms with Gasteiger partial charge in [-0.3, -0.25) is 0 Å². The number of hydrogen-bond donors (Lipinski definition) is 1. The molecule has 0 spiro atoms. The van der Waals surface area contributed by atoms with Gasteiger partial charge in [-0.1, -0.05) is 0 Å². The van der Waals surface area contributed by atoms with Crippen molar-refractivity contribution >= 4 is 12.4 Å². The Labute approximate surface area is 88.9 Å². The van der Waals surface area contributed by atoms with Crippen LogP contribution in [0.3, 0.4) is 0 Å². The third-order valence-corrected chi connectivity index (χ3v) is 2.39. The lowest BCUT2D eigenvalue weighted by Gasteiger charge is -2.29. The summed E-state index contributed by atoms with van der Waals surface area (Å²) >= 11 is 0. The highest BCUT2D eigenvalue weighted by Crippen LogP contribution is 2.31. The Kier molecular flexibility index (Phi) is 3.72. The maximum absolute atomic E-state index is 12.9. The van der Waals surface area contributed by atoms with Crippen LogP contribution in [0.15, 0.2) is 18.2 Å². The van der Waals surface area contributed by atoms with Crippen LogP contribution in [0.1, 0.15) is 18.0 Å². The van der Waals surface area contributed by atoms with Crippen LogP contribution in [0.25, 0.3) is 0 Å². The second-order valence-corrected chi connectivity index (χ2v) is 3.18. The largest absolute Gasteiger partial charge is 0.496 e. The van der Waals surface area contributed by atoms with E-state index >= 15 is 0 Å². The van der Waals surface area contributed by atoms with Crippen molar-refractivity contribution in [2.24, 2.45) is 0 Å². The van der Waals surface area contributed by atoms with Crippen LogP contribution in [-0.2, 0) is 0 Å². The number of nitrogens with one attached hydrogen (secondary N) is 1. The Hall–Kier alpha value is -0.800. The van der Waals surface area contributed by atoms with Gasteiger partial charge in [0.25, 0.3) is 0 Å². The number of methoxy groups -OCH3 is 1. The van der Waals surface area contributed by atoms with Gasteiger partial charge < -0.3 is 10.1 Å². The molecule has 1 atom stereocenters. The normalized spacial score (nSPS) is 19.4. The molecular weight excluding hydrogens is 205 g/mol. The summed E-state index contributed by atoms with van der Waals surface area (Å²) in [7, 11) is 1.61. The highest BCUT2D eigenvalue weighted by Gasteiger charge is 2.22. The van der Waals surface area contributed by atoms with Gasteiger partial charge in [0.05, 0.1) is 7.11 Å². The van der Waals surface area contributed by atoms with Gasteiger partial charge in [-0.05, 0) is 31.2 Å². The number of benzene rings is 1. The Bertz CT molecular complexity index is 315. The average molecular weight is 218 g/mol. The summed E-state index contributed by atoms with van der Waals surface area (Å²) in [6.07, 6.45) is 1.06. The summed E-state index contributed by atoms with van der Waals surface area (Å²) in [4.78, 5) is 0. The Morgan fingerprint density at radius 2 is 2.21 bits per heavy atom. The van der Waals surface area contributed by atoms with Crippen LogP contribution in [0.5, 0.6) is 5.75 Å². The summed E-state index contributed by atoms with van der Waals surface area (Å²) in [5.41, 5.74) is 0.925. The average Bonchev–Trinajstić information content (AvgIpc) is 2.02. The van der Waals surface area contributed by atoms with E-state index in [-0.39, 0.29) is 24.3 Å². The molecule has 1 aliphatic rings. The minimum atomic E-state index is -0.204. The van der Waals surface area contributed by atoms with Crippen LogP contribution in [0.4, 0.5) is 4.39 Å². The highest BCUT2D eigenvalue weighted by molar-refractivity contribution is 5.85. The quantitative estimate of drug-likeness (QED) is 0.821. The van der Waals surface area contributed by atoms with Crippen molar-refractivity contribution in [2.75, 3.05) is 13.7 Å². The maximum Gasteiger partial charge on any atom is 0.123 e. The molecule has 0 aliphatic carbocycles. The molecule has 1 aliphatic heterocycles. The van der Waals surface area contributed by atoms with Crippen molar-refractivity contribution in [1.29, 1.82) is 0 Å². The van der Waals surface area contributed by atoms with Crippen molar-refractivity contribution in [2.45, 2.75) is 12.5 Å². The summed E-state index contributed by atoms with van der Waals surface area (Å²) in [5.74, 6) is 0.558. The summed E-state index contributed by atoms with van der Waals surface area (Å²) in [6.45, 7) is 1.00. The molecule has 1 fully saturated rings. The molecule has 0 amide bonds. The zero-order valence-electron chi connectivity index (χ0n) is 7.92. The summed E-state index contributed by atoms with van der Waals surface area (Å²) in [5, 5.41) is 3.22. The Morgan fingerprint density at radius 3 is 2.71 bits per heavy atom. The third kappa shape index (κ3) is 1.99. The van der Waals surface area contributed by atoms with Crippen LogP contribution < -0.4 is 10.1 Å². The first-order valence-electron chi connectivity index (χ1n) is 4.38. The van der Waals surface area contributed by atoms with Gasteiger partial charge >= 0.3 is 0 Å². The van der Waals surface area contributed by atoms with E-state index in [0.717, 1.165) is 24.3 Å². The first-order valence-corrected chi connectivity index (χ1v) is 4.38. The van der Waals surface area contributed by atoms with Gasteiger partial charge in [-0.15, -0.1) is 12.4 Å². The number of rotatable bonds is 2. The van der Waals surface area contributed by atoms with Gasteiger partial charge in [0.15, 0.2) is 0 Å². The first-order chi connectivity index (χ1) is 6.31. The van der Waals surface area contributed by atoms with Gasteiger partial charge in [-0.2, -0.15) is 0 Å². The molecule has 2 rings (SSSR count). The van der Waals surface area contributed by atoms with E-state index in [0.29, 0.717) is 0 Å². The molecule has 78 valence electrons. The van der Waals surface area contributed by atoms with Crippen molar-refractivity contribution in [1.82, 2.24) is 5.32 Å². The standard InChI is InChI=1S/C10H12FNO.ClH/c1-13-10-3-2-7(11)6-8(10)9-4-5-12-9;/h2-3,6,9,12H,4-5H2,1H3;1H/t9-;/m0./s1. The molecule has 0 aromatic heterocycles. The molecule has 1 aromatic rings. The molecule has 0 saturated carbocycles. The fraction of sp³-hybridized carbons (Fsp3) is 0.400. The first kappa shape index (κ1) is 11.3. The van der Waals surface area contributed by atoms with E-state index in [1.54, 1.807) is 13.2 Å². The molecule has 0 unspecified atom stereocenters. The zero-order chi connectivity index (χ0) is 9.26. The van der Waals surface area contributed by atoms with E-state index in [4.69, 9.17) is 4.74 Å². The van der Waals surface area contributed by atoms with Gasteiger partial charge in [-0.25, -0.2) is 4.39 Å². The summed E-state index contributed by atoms with van der Waals surface area (Å²) < 4.78 is 18.1. The van der Waals surface area contributed by atoms with E-state index in [1.807, 2.05) is 0 Å². The second kappa shape index (κ2) is 4.62. The van der Waals surface area contributed by atoms with E-state index < -0.39 is 0 Å². The van der Waals surface area contributed by atoms with Crippen molar-refractivity contribution in [3.8, 4) is 5.75 Å². The second-order valence-electron chi connectivity index (χ2n) is 3.18. The van der Waals surface area contributed by atoms with Crippen LogP contribution in [-0.4, -0.2) is 13.7 Å². The molecule has 14 heavy (non-hydrogen) atoms. The lowest BCUT2D eigenvalue weighted by atomic mass is 9.97. The molecule has 2 nitrogen and oxygen atoms in total. The lowest BCUT2D eigenvalue weighted by molar-refractivity contribution is 0.351. The predicted octanol–water partition coefficient (Wildman–Crippen LogP) is 2.29. The molecule has 1 heterocycles. The van der Waals surface area contributed by atoms with E-state index in [2.05, 4.69) is 5.32 Å². The van der Waals surface area contributed by atoms with Crippen molar-refractivity contribution in [3.63, 3.8) is 0 Å². The number of hydrogen-bond acceptors (Lipinski definition) is 2. The summed E-state index contributed by atoms with van der Waals surface area (Å²) in [6, 6.07) is 4.90. The molecule has 4 heteroatoms. The van der Waals surface area contributed by atoms with Crippen molar-refractivity contribution in [3.05, 3.63) is 29.6 Å². The molecule has 1 N–H and O–H groups in total. The third-order valence-electron chi connectivity index (χ3n) is 2.39. The number of halogens is 2. The fourth-order valence-electron chi connectivity index (χ4n) is 1.53. The predicted molar refractivity (Wildman–Crippen MR) is 55.6 cm³/mol. The molecule has 0 radical (unpaired) electrons. The smallest absolute Gasteiger partial charge is 0.123 e. The molecule has 0 bridgehead atoms. The van der Waals surface area contributed by atoms with Gasteiger partial charge in [0.1, 0.15) is 11.6 Å². The minimum Gasteiger partial charge on any atom is -0.496 e. The van der Waals surface area contributed by atoms with Crippen LogP contribution in [0, 0.1) is 5.82 Å². The van der Waals surface area contributed by atoms with Gasteiger partial charge in [0.2, 0.25) is 0 Å². The van der Waals surface area contributed by atoms with Crippen molar-refractivity contribution < 1.29 is 9.13 Å². The minimum absolute atomic E-state index is 0. The molecule has 1 saturated heterocycles. The lowest BCUT2D eigenvalue weighted by Crippen LogP contribution is -2.35. The van der Waals surface area contributed by atoms with Gasteiger partial charge in [0, 0.05) is 11.6 Å². The topological polar surface area (TPSA) is 21.3 Å². The monoisotopic (exact) mass is 217 g/mol. The maximum atomic E-state index is 12.9.